The van der Waals surface area contributed by atoms with Gasteiger partial charge in [-0.3, -0.25) is 9.59 Å². The Balaban J connectivity index is 1.42. The number of hydrogen-bond acceptors (Lipinski definition) is 6. The molecule has 3 aromatic rings. The molecule has 0 spiro atoms. The third-order valence-electron chi connectivity index (χ3n) is 6.53. The normalized spacial score (nSPS) is 13.1. The summed E-state index contributed by atoms with van der Waals surface area (Å²) in [5.74, 6) is 0.798. The number of carbonyl (C=O) groups excluding carboxylic acids is 2. The summed E-state index contributed by atoms with van der Waals surface area (Å²) in [7, 11) is -3.55. The number of sulfonamides is 1. The lowest BCUT2D eigenvalue weighted by atomic mass is 10.1. The molecule has 40 heavy (non-hydrogen) atoms. The number of ether oxygens (including phenoxy) is 2. The molecule has 3 aromatic carbocycles. The van der Waals surface area contributed by atoms with E-state index >= 15 is 0 Å². The molecule has 11 heteroatoms. The number of amides is 2. The molecule has 1 aliphatic heterocycles. The van der Waals surface area contributed by atoms with Crippen LogP contribution in [0.15, 0.2) is 71.6 Å². The van der Waals surface area contributed by atoms with Gasteiger partial charge >= 0.3 is 0 Å². The van der Waals surface area contributed by atoms with Crippen molar-refractivity contribution in [1.82, 2.24) is 14.9 Å². The molecule has 0 aliphatic carbocycles. The van der Waals surface area contributed by atoms with Crippen molar-refractivity contribution in [2.45, 2.75) is 50.7 Å². The minimum atomic E-state index is -3.55. The molecule has 2 amide bonds. The molecule has 2 N–H and O–H groups in total. The van der Waals surface area contributed by atoms with Crippen LogP contribution in [0, 0.1) is 0 Å². The maximum atomic E-state index is 13.4. The van der Waals surface area contributed by atoms with E-state index in [0.29, 0.717) is 29.5 Å². The van der Waals surface area contributed by atoms with Crippen LogP contribution in [0.5, 0.6) is 11.5 Å². The molecular weight excluding hydrogens is 554 g/mol. The van der Waals surface area contributed by atoms with E-state index in [-0.39, 0.29) is 43.0 Å². The zero-order chi connectivity index (χ0) is 28.7. The van der Waals surface area contributed by atoms with Gasteiger partial charge in [0.25, 0.3) is 0 Å². The Morgan fingerprint density at radius 1 is 0.950 bits per heavy atom. The fraction of sp³-hybridized carbons (Fsp3) is 0.310. The van der Waals surface area contributed by atoms with Gasteiger partial charge in [0.05, 0.1) is 4.90 Å². The maximum Gasteiger partial charge on any atom is 0.242 e. The lowest BCUT2D eigenvalue weighted by Crippen LogP contribution is -2.47. The summed E-state index contributed by atoms with van der Waals surface area (Å²) < 4.78 is 37.6. The van der Waals surface area contributed by atoms with Gasteiger partial charge in [-0.25, -0.2) is 13.1 Å². The first-order chi connectivity index (χ1) is 19.2. The number of hydrogen-bond donors (Lipinski definition) is 2. The molecule has 212 valence electrons. The summed E-state index contributed by atoms with van der Waals surface area (Å²) in [6.07, 6.45) is 0.537. The van der Waals surface area contributed by atoms with Gasteiger partial charge < -0.3 is 19.7 Å². The maximum absolute atomic E-state index is 13.4. The van der Waals surface area contributed by atoms with Gasteiger partial charge in [-0.15, -0.1) is 0 Å². The van der Waals surface area contributed by atoms with Crippen LogP contribution >= 0.6 is 11.6 Å². The molecule has 4 rings (SSSR count). The van der Waals surface area contributed by atoms with E-state index in [4.69, 9.17) is 21.1 Å². The fourth-order valence-corrected chi connectivity index (χ4v) is 5.43. The number of halogens is 1. The van der Waals surface area contributed by atoms with Crippen LogP contribution in [0.4, 0.5) is 0 Å². The Bertz CT molecular complexity index is 1450. The fourth-order valence-electron chi connectivity index (χ4n) is 4.26. The number of aryl methyl sites for hydroxylation is 1. The Hall–Kier alpha value is -3.60. The van der Waals surface area contributed by atoms with Gasteiger partial charge in [-0.1, -0.05) is 48.9 Å². The molecular formula is C29H32ClN3O6S. The number of benzene rings is 3. The Morgan fingerprint density at radius 3 is 2.30 bits per heavy atom. The first kappa shape index (κ1) is 29.4. The monoisotopic (exact) mass is 585 g/mol. The summed E-state index contributed by atoms with van der Waals surface area (Å²) in [5.41, 5.74) is 2.50. The highest BCUT2D eigenvalue weighted by atomic mass is 35.5. The number of nitrogens with zero attached hydrogens (tertiary/aromatic N) is 1. The quantitative estimate of drug-likeness (QED) is 0.332. The second-order valence-corrected chi connectivity index (χ2v) is 11.6. The van der Waals surface area contributed by atoms with Crippen LogP contribution in [-0.2, 0) is 39.1 Å². The van der Waals surface area contributed by atoms with Crippen molar-refractivity contribution in [3.63, 3.8) is 0 Å². The molecule has 1 atom stereocenters. The van der Waals surface area contributed by atoms with Crippen molar-refractivity contribution < 1.29 is 27.5 Å². The highest BCUT2D eigenvalue weighted by Gasteiger charge is 2.26. The van der Waals surface area contributed by atoms with Gasteiger partial charge in [0.2, 0.25) is 28.6 Å². The first-order valence-corrected chi connectivity index (χ1v) is 14.8. The predicted molar refractivity (Wildman–Crippen MR) is 152 cm³/mol. The predicted octanol–water partition coefficient (Wildman–Crippen LogP) is 4.03. The van der Waals surface area contributed by atoms with Gasteiger partial charge in [-0.2, -0.15) is 0 Å². The topological polar surface area (TPSA) is 114 Å². The van der Waals surface area contributed by atoms with E-state index in [2.05, 4.69) is 10.0 Å². The van der Waals surface area contributed by atoms with Crippen LogP contribution in [0.1, 0.15) is 37.0 Å². The van der Waals surface area contributed by atoms with Gasteiger partial charge in [-0.05, 0) is 66.4 Å². The minimum Gasteiger partial charge on any atom is -0.454 e. The summed E-state index contributed by atoms with van der Waals surface area (Å²) in [4.78, 5) is 28.3. The molecule has 0 saturated carbocycles. The standard InChI is InChI=1S/C29H32ClN3O6S/c1-3-32-40(36,37)25-12-6-21(7-13-25)9-15-28(34)33(18-22-4-10-24(30)11-5-22)20(2)29(35)31-17-23-8-14-26-27(16-23)39-19-38-26/h4-8,10-14,16,20,32H,3,9,15,17-19H2,1-2H3,(H,31,35)/t20-/m1/s1. The second-order valence-electron chi connectivity index (χ2n) is 9.37. The molecule has 0 bridgehead atoms. The Kier molecular flexibility index (Phi) is 9.67. The van der Waals surface area contributed by atoms with Crippen molar-refractivity contribution in [2.75, 3.05) is 13.3 Å². The SMILES string of the molecule is CCNS(=O)(=O)c1ccc(CCC(=O)N(Cc2ccc(Cl)cc2)[C@H](C)C(=O)NCc2ccc3c(c2)OCO3)cc1. The number of carbonyl (C=O) groups is 2. The molecule has 0 radical (unpaired) electrons. The summed E-state index contributed by atoms with van der Waals surface area (Å²) in [5, 5.41) is 3.49. The lowest BCUT2D eigenvalue weighted by molar-refractivity contribution is -0.140. The van der Waals surface area contributed by atoms with Crippen molar-refractivity contribution in [1.29, 1.82) is 0 Å². The first-order valence-electron chi connectivity index (χ1n) is 12.9. The van der Waals surface area contributed by atoms with Crippen molar-refractivity contribution in [2.24, 2.45) is 0 Å². The van der Waals surface area contributed by atoms with Crippen LogP contribution < -0.4 is 19.5 Å². The van der Waals surface area contributed by atoms with Crippen molar-refractivity contribution in [3.8, 4) is 11.5 Å². The lowest BCUT2D eigenvalue weighted by Gasteiger charge is -2.29. The van der Waals surface area contributed by atoms with E-state index in [1.54, 1.807) is 49.1 Å². The zero-order valence-electron chi connectivity index (χ0n) is 22.4. The van der Waals surface area contributed by atoms with Crippen LogP contribution in [0.2, 0.25) is 5.02 Å². The van der Waals surface area contributed by atoms with Gasteiger partial charge in [0.15, 0.2) is 11.5 Å². The van der Waals surface area contributed by atoms with Crippen molar-refractivity contribution >= 4 is 33.4 Å². The highest BCUT2D eigenvalue weighted by molar-refractivity contribution is 7.89. The molecule has 0 fully saturated rings. The average Bonchev–Trinajstić information content (AvgIpc) is 3.42. The largest absolute Gasteiger partial charge is 0.454 e. The van der Waals surface area contributed by atoms with E-state index in [9.17, 15) is 18.0 Å². The van der Waals surface area contributed by atoms with Gasteiger partial charge in [0.1, 0.15) is 6.04 Å². The number of rotatable bonds is 12. The van der Waals surface area contributed by atoms with E-state index in [0.717, 1.165) is 16.7 Å². The van der Waals surface area contributed by atoms with Crippen LogP contribution in [0.3, 0.4) is 0 Å². The molecule has 0 saturated heterocycles. The van der Waals surface area contributed by atoms with E-state index < -0.39 is 16.1 Å². The third-order valence-corrected chi connectivity index (χ3v) is 8.35. The summed E-state index contributed by atoms with van der Waals surface area (Å²) in [6.45, 7) is 4.38. The molecule has 1 aliphatic rings. The highest BCUT2D eigenvalue weighted by Crippen LogP contribution is 2.32. The second kappa shape index (κ2) is 13.2. The van der Waals surface area contributed by atoms with E-state index in [1.165, 1.54) is 12.1 Å². The Labute approximate surface area is 239 Å². The smallest absolute Gasteiger partial charge is 0.242 e. The Morgan fingerprint density at radius 2 is 1.60 bits per heavy atom. The third kappa shape index (κ3) is 7.53. The number of nitrogens with one attached hydrogen (secondary N) is 2. The van der Waals surface area contributed by atoms with E-state index in [1.807, 2.05) is 24.3 Å². The number of fused-ring (bicyclic) bond motifs is 1. The molecule has 1 heterocycles. The minimum absolute atomic E-state index is 0.146. The van der Waals surface area contributed by atoms with Crippen molar-refractivity contribution in [3.05, 3.63) is 88.4 Å². The molecule has 9 nitrogen and oxygen atoms in total. The summed E-state index contributed by atoms with van der Waals surface area (Å²) in [6, 6.07) is 18.3. The van der Waals surface area contributed by atoms with Gasteiger partial charge in [0, 0.05) is 31.1 Å². The average molecular weight is 586 g/mol. The van der Waals surface area contributed by atoms with Crippen LogP contribution in [-0.4, -0.2) is 44.5 Å². The molecule has 0 aromatic heterocycles. The van der Waals surface area contributed by atoms with Crippen LogP contribution in [0.25, 0.3) is 0 Å². The molecule has 0 unspecified atom stereocenters. The zero-order valence-corrected chi connectivity index (χ0v) is 23.9. The summed E-state index contributed by atoms with van der Waals surface area (Å²) >= 11 is 6.03.